The first-order valence-electron chi connectivity index (χ1n) is 22.9. The molecule has 1 heterocycles. The van der Waals surface area contributed by atoms with Crippen LogP contribution in [0.5, 0.6) is 0 Å². The predicted molar refractivity (Wildman–Crippen MR) is 214 cm³/mol. The third-order valence-electron chi connectivity index (χ3n) is 15.7. The molecule has 6 fully saturated rings. The van der Waals surface area contributed by atoms with Crippen LogP contribution in [0.15, 0.2) is 0 Å². The van der Waals surface area contributed by atoms with Crippen molar-refractivity contribution in [3.63, 3.8) is 0 Å². The zero-order chi connectivity index (χ0) is 32.2. The first kappa shape index (κ1) is 37.6. The van der Waals surface area contributed by atoms with Gasteiger partial charge in [0.1, 0.15) is 0 Å². The number of rotatable bonds is 9. The van der Waals surface area contributed by atoms with E-state index in [4.69, 9.17) is 0 Å². The molecule has 4 unspecified atom stereocenters. The molecule has 6 rings (SSSR count). The van der Waals surface area contributed by atoms with Gasteiger partial charge in [-0.3, -0.25) is 0 Å². The monoisotopic (exact) mass is 685 g/mol. The summed E-state index contributed by atoms with van der Waals surface area (Å²) in [5.41, 5.74) is 2.25. The lowest BCUT2D eigenvalue weighted by atomic mass is 9.55. The normalized spacial score (nSPS) is 35.5. The third kappa shape index (κ3) is 8.58. The average molecular weight is 685 g/mol. The first-order valence-corrected chi connectivity index (χ1v) is 25.5. The van der Waals surface area contributed by atoms with Crippen molar-refractivity contribution in [3.05, 3.63) is 0 Å². The zero-order valence-electron chi connectivity index (χ0n) is 31.9. The Morgan fingerprint density at radius 3 is 1.32 bits per heavy atom. The maximum absolute atomic E-state index is 2.55. The minimum Gasteiger partial charge on any atom is -0.114 e. The highest BCUT2D eigenvalue weighted by atomic mass is 31.1. The third-order valence-corrected chi connectivity index (χ3v) is 22.9. The smallest absolute Gasteiger partial charge is 0.00654 e. The van der Waals surface area contributed by atoms with Crippen LogP contribution in [0.2, 0.25) is 0 Å². The Hall–Kier alpha value is 0.860. The molecule has 0 N–H and O–H groups in total. The molecule has 0 aromatic heterocycles. The molecule has 47 heavy (non-hydrogen) atoms. The Labute approximate surface area is 298 Å². The highest BCUT2D eigenvalue weighted by molar-refractivity contribution is 7.62. The zero-order valence-corrected chi connectivity index (χ0v) is 33.8. The molecular weight excluding hydrogens is 602 g/mol. The summed E-state index contributed by atoms with van der Waals surface area (Å²) in [5, 5.41) is 1.38. The quantitative estimate of drug-likeness (QED) is 0.212. The van der Waals surface area contributed by atoms with Crippen LogP contribution in [-0.2, 0) is 0 Å². The maximum Gasteiger partial charge on any atom is 0.00654 e. The van der Waals surface area contributed by atoms with Gasteiger partial charge in [0.2, 0.25) is 0 Å². The van der Waals surface area contributed by atoms with E-state index in [1.54, 1.807) is 205 Å². The van der Waals surface area contributed by atoms with Gasteiger partial charge in [-0.2, -0.15) is 0 Å². The van der Waals surface area contributed by atoms with E-state index in [2.05, 4.69) is 6.92 Å². The van der Waals surface area contributed by atoms with Crippen molar-refractivity contribution in [2.75, 3.05) is 6.16 Å². The molecule has 6 aliphatic rings. The largest absolute Gasteiger partial charge is 0.114 e. The maximum atomic E-state index is 2.55. The summed E-state index contributed by atoms with van der Waals surface area (Å²) in [5.74, 6) is 4.26. The SMILES string of the molecule is CCCCC1CCCCCPC(C2CCCCCCCC2)(C2CCCCC2)C1(C1CCCCC1)P(C1CCCCC1)C1CCCCC1. The molecule has 0 aromatic carbocycles. The topological polar surface area (TPSA) is 0 Å². The summed E-state index contributed by atoms with van der Waals surface area (Å²) >= 11 is 0. The lowest BCUT2D eigenvalue weighted by Crippen LogP contribution is -2.67. The molecule has 5 aliphatic carbocycles. The van der Waals surface area contributed by atoms with Gasteiger partial charge < -0.3 is 0 Å². The summed E-state index contributed by atoms with van der Waals surface area (Å²) in [4.78, 5) is 0. The molecule has 2 heteroatoms. The van der Waals surface area contributed by atoms with Crippen molar-refractivity contribution >= 4 is 16.5 Å². The van der Waals surface area contributed by atoms with Gasteiger partial charge in [0.05, 0.1) is 0 Å². The van der Waals surface area contributed by atoms with Crippen LogP contribution in [0.4, 0.5) is 0 Å². The lowest BCUT2D eigenvalue weighted by Gasteiger charge is -2.71. The second-order valence-corrected chi connectivity index (χ2v) is 23.1. The van der Waals surface area contributed by atoms with E-state index in [9.17, 15) is 0 Å². The molecular formula is C45H82P2. The van der Waals surface area contributed by atoms with Crippen molar-refractivity contribution in [2.24, 2.45) is 23.7 Å². The molecule has 0 radical (unpaired) electrons. The van der Waals surface area contributed by atoms with Gasteiger partial charge in [0.25, 0.3) is 0 Å². The van der Waals surface area contributed by atoms with Crippen molar-refractivity contribution in [2.45, 2.75) is 253 Å². The standard InChI is InChI=1S/C45H82P2/c1-2-3-25-40-32-19-12-24-37-46-44(39-28-15-8-16-29-39,38-26-13-6-4-5-7-14-27-38)45(40,41-30-17-9-18-31-41)47(42-33-20-10-21-34-42)43-35-22-11-23-36-43/h38-43,46H,2-37H2,1H3. The van der Waals surface area contributed by atoms with Crippen LogP contribution in [0.1, 0.15) is 232 Å². The van der Waals surface area contributed by atoms with E-state index in [-0.39, 0.29) is 7.92 Å². The van der Waals surface area contributed by atoms with E-state index >= 15 is 0 Å². The molecule has 0 bridgehead atoms. The molecule has 4 atom stereocenters. The minimum atomic E-state index is 0.0286. The van der Waals surface area contributed by atoms with Gasteiger partial charge in [-0.05, 0) is 125 Å². The Balaban J connectivity index is 1.65. The summed E-state index contributed by atoms with van der Waals surface area (Å²) < 4.78 is 0. The summed E-state index contributed by atoms with van der Waals surface area (Å²) in [7, 11) is 1.33. The predicted octanol–water partition coefficient (Wildman–Crippen LogP) is 15.6. The van der Waals surface area contributed by atoms with Crippen LogP contribution in [0.25, 0.3) is 0 Å². The van der Waals surface area contributed by atoms with Crippen molar-refractivity contribution in [1.29, 1.82) is 0 Å². The van der Waals surface area contributed by atoms with Crippen molar-refractivity contribution < 1.29 is 0 Å². The van der Waals surface area contributed by atoms with Gasteiger partial charge in [-0.25, -0.2) is 0 Å². The number of unbranched alkanes of at least 4 members (excludes halogenated alkanes) is 1. The summed E-state index contributed by atoms with van der Waals surface area (Å²) in [6.45, 7) is 2.55. The first-order chi connectivity index (χ1) is 23.3. The molecule has 0 spiro atoms. The highest BCUT2D eigenvalue weighted by Crippen LogP contribution is 2.80. The van der Waals surface area contributed by atoms with Gasteiger partial charge >= 0.3 is 0 Å². The Morgan fingerprint density at radius 1 is 0.447 bits per heavy atom. The van der Waals surface area contributed by atoms with Crippen LogP contribution in [0, 0.1) is 23.7 Å². The Kier molecular flexibility index (Phi) is 15.7. The Morgan fingerprint density at radius 2 is 0.830 bits per heavy atom. The minimum absolute atomic E-state index is 0.0286. The molecule has 5 saturated carbocycles. The van der Waals surface area contributed by atoms with Crippen LogP contribution < -0.4 is 0 Å². The number of hydrogen-bond donors (Lipinski definition) is 0. The summed E-state index contributed by atoms with van der Waals surface area (Å²) in [6, 6.07) is 0. The lowest BCUT2D eigenvalue weighted by molar-refractivity contribution is 0.0541. The fourth-order valence-corrected chi connectivity index (χ4v) is 23.0. The van der Waals surface area contributed by atoms with Gasteiger partial charge in [0.15, 0.2) is 0 Å². The van der Waals surface area contributed by atoms with Crippen molar-refractivity contribution in [3.8, 4) is 0 Å². The van der Waals surface area contributed by atoms with Crippen molar-refractivity contribution in [1.82, 2.24) is 0 Å². The molecule has 0 nitrogen and oxygen atoms in total. The van der Waals surface area contributed by atoms with Crippen LogP contribution >= 0.6 is 16.5 Å². The molecule has 1 saturated heterocycles. The van der Waals surface area contributed by atoms with E-state index < -0.39 is 0 Å². The van der Waals surface area contributed by atoms with Gasteiger partial charge in [-0.1, -0.05) is 156 Å². The molecule has 272 valence electrons. The van der Waals surface area contributed by atoms with E-state index in [0.717, 1.165) is 35.0 Å². The second kappa shape index (κ2) is 19.6. The van der Waals surface area contributed by atoms with Gasteiger partial charge in [-0.15, -0.1) is 8.58 Å². The van der Waals surface area contributed by atoms with Crippen LogP contribution in [0.3, 0.4) is 0 Å². The number of hydrogen-bond acceptors (Lipinski definition) is 0. The van der Waals surface area contributed by atoms with Crippen LogP contribution in [-0.4, -0.2) is 27.8 Å². The molecule has 0 aromatic rings. The van der Waals surface area contributed by atoms with E-state index in [0.29, 0.717) is 10.3 Å². The average Bonchev–Trinajstić information content (AvgIpc) is 3.32. The fourth-order valence-electron chi connectivity index (χ4n) is 13.9. The highest BCUT2D eigenvalue weighted by Gasteiger charge is 2.68. The van der Waals surface area contributed by atoms with E-state index in [1.807, 2.05) is 0 Å². The van der Waals surface area contributed by atoms with Gasteiger partial charge in [0, 0.05) is 10.3 Å². The van der Waals surface area contributed by atoms with E-state index in [1.165, 1.54) is 34.3 Å². The second-order valence-electron chi connectivity index (χ2n) is 18.4. The summed E-state index contributed by atoms with van der Waals surface area (Å²) in [6.07, 6.45) is 57.2. The Bertz CT molecular complexity index is 818. The molecule has 0 amide bonds. The fraction of sp³-hybridized carbons (Fsp3) is 1.00. The molecule has 1 aliphatic heterocycles.